The normalized spacial score (nSPS) is 12.5. The monoisotopic (exact) mass is 208 g/mol. The average Bonchev–Trinajstić information content (AvgIpc) is 2.18. The molecule has 2 heteroatoms. The van der Waals surface area contributed by atoms with E-state index in [4.69, 9.17) is 4.74 Å². The van der Waals surface area contributed by atoms with Crippen LogP contribution in [0.4, 0.5) is 0 Å². The molecule has 0 saturated heterocycles. The van der Waals surface area contributed by atoms with Gasteiger partial charge in [-0.3, -0.25) is 0 Å². The van der Waals surface area contributed by atoms with Crippen LogP contribution in [-0.4, -0.2) is 11.7 Å². The van der Waals surface area contributed by atoms with E-state index in [1.807, 2.05) is 25.1 Å². The molecule has 0 aliphatic rings. The zero-order chi connectivity index (χ0) is 11.3. The van der Waals surface area contributed by atoms with Crippen LogP contribution in [0.1, 0.15) is 43.9 Å². The summed E-state index contributed by atoms with van der Waals surface area (Å²) >= 11 is 0. The molecule has 1 N–H and O–H groups in total. The summed E-state index contributed by atoms with van der Waals surface area (Å²) in [6.07, 6.45) is 1.70. The van der Waals surface area contributed by atoms with Gasteiger partial charge in [-0.2, -0.15) is 0 Å². The molecular weight excluding hydrogens is 188 g/mol. The largest absolute Gasteiger partial charge is 0.493 e. The summed E-state index contributed by atoms with van der Waals surface area (Å²) in [6.45, 7) is 6.64. The lowest BCUT2D eigenvalue weighted by Crippen LogP contribution is -2.02. The van der Waals surface area contributed by atoms with Crippen molar-refractivity contribution >= 4 is 0 Å². The SMILES string of the molecule is CCCCOc1cc(C)ccc1[C@@H](C)O. The topological polar surface area (TPSA) is 29.5 Å². The standard InChI is InChI=1S/C13H20O2/c1-4-5-8-15-13-9-10(2)6-7-12(13)11(3)14/h6-7,9,11,14H,4-5,8H2,1-3H3/t11-/m1/s1. The lowest BCUT2D eigenvalue weighted by atomic mass is 10.1. The van der Waals surface area contributed by atoms with Crippen molar-refractivity contribution in [2.45, 2.75) is 39.7 Å². The Morgan fingerprint density at radius 3 is 2.73 bits per heavy atom. The smallest absolute Gasteiger partial charge is 0.125 e. The highest BCUT2D eigenvalue weighted by Crippen LogP contribution is 2.26. The lowest BCUT2D eigenvalue weighted by Gasteiger charge is -2.13. The van der Waals surface area contributed by atoms with Crippen LogP contribution in [-0.2, 0) is 0 Å². The van der Waals surface area contributed by atoms with Crippen LogP contribution in [0.15, 0.2) is 18.2 Å². The minimum atomic E-state index is -0.470. The molecule has 1 aromatic rings. The van der Waals surface area contributed by atoms with Gasteiger partial charge in [-0.15, -0.1) is 0 Å². The predicted molar refractivity (Wildman–Crippen MR) is 62.2 cm³/mol. The van der Waals surface area contributed by atoms with Gasteiger partial charge in [0.25, 0.3) is 0 Å². The van der Waals surface area contributed by atoms with Gasteiger partial charge in [0.05, 0.1) is 12.7 Å². The van der Waals surface area contributed by atoms with E-state index in [0.29, 0.717) is 0 Å². The van der Waals surface area contributed by atoms with Crippen LogP contribution in [0.3, 0.4) is 0 Å². The quantitative estimate of drug-likeness (QED) is 0.753. The summed E-state index contributed by atoms with van der Waals surface area (Å²) < 4.78 is 5.66. The highest BCUT2D eigenvalue weighted by atomic mass is 16.5. The zero-order valence-corrected chi connectivity index (χ0v) is 9.79. The first-order valence-electron chi connectivity index (χ1n) is 5.56. The van der Waals surface area contributed by atoms with Crippen LogP contribution in [0.2, 0.25) is 0 Å². The van der Waals surface area contributed by atoms with Gasteiger partial charge in [0, 0.05) is 5.56 Å². The molecule has 84 valence electrons. The maximum Gasteiger partial charge on any atom is 0.125 e. The fourth-order valence-electron chi connectivity index (χ4n) is 1.44. The Balaban J connectivity index is 2.77. The van der Waals surface area contributed by atoms with E-state index in [0.717, 1.165) is 36.3 Å². The van der Waals surface area contributed by atoms with Crippen molar-refractivity contribution in [2.24, 2.45) is 0 Å². The van der Waals surface area contributed by atoms with Crippen LogP contribution < -0.4 is 4.74 Å². The molecule has 1 atom stereocenters. The number of aliphatic hydroxyl groups is 1. The number of hydrogen-bond acceptors (Lipinski definition) is 2. The Morgan fingerprint density at radius 2 is 2.13 bits per heavy atom. The molecule has 0 radical (unpaired) electrons. The first-order chi connectivity index (χ1) is 7.15. The Hall–Kier alpha value is -1.02. The minimum Gasteiger partial charge on any atom is -0.493 e. The molecule has 0 saturated carbocycles. The van der Waals surface area contributed by atoms with Gasteiger partial charge in [0.1, 0.15) is 5.75 Å². The molecule has 0 amide bonds. The third-order valence-electron chi connectivity index (χ3n) is 2.37. The number of aryl methyl sites for hydroxylation is 1. The highest BCUT2D eigenvalue weighted by Gasteiger charge is 2.08. The van der Waals surface area contributed by atoms with Crippen LogP contribution in [0.25, 0.3) is 0 Å². The van der Waals surface area contributed by atoms with E-state index in [1.54, 1.807) is 6.92 Å². The number of unbranched alkanes of at least 4 members (excludes halogenated alkanes) is 1. The Labute approximate surface area is 91.9 Å². The minimum absolute atomic E-state index is 0.470. The summed E-state index contributed by atoms with van der Waals surface area (Å²) in [7, 11) is 0. The molecule has 0 aromatic heterocycles. The molecule has 15 heavy (non-hydrogen) atoms. The van der Waals surface area contributed by atoms with Crippen molar-refractivity contribution < 1.29 is 9.84 Å². The zero-order valence-electron chi connectivity index (χ0n) is 9.79. The van der Waals surface area contributed by atoms with Crippen molar-refractivity contribution in [3.05, 3.63) is 29.3 Å². The van der Waals surface area contributed by atoms with Crippen LogP contribution in [0, 0.1) is 6.92 Å². The molecule has 0 unspecified atom stereocenters. The molecule has 0 aliphatic carbocycles. The van der Waals surface area contributed by atoms with Gasteiger partial charge < -0.3 is 9.84 Å². The third-order valence-corrected chi connectivity index (χ3v) is 2.37. The molecule has 0 spiro atoms. The molecule has 2 nitrogen and oxygen atoms in total. The van der Waals surface area contributed by atoms with Crippen molar-refractivity contribution in [3.63, 3.8) is 0 Å². The van der Waals surface area contributed by atoms with Crippen LogP contribution in [0.5, 0.6) is 5.75 Å². The number of benzene rings is 1. The Bertz CT molecular complexity index is 305. The highest BCUT2D eigenvalue weighted by molar-refractivity contribution is 5.38. The van der Waals surface area contributed by atoms with Gasteiger partial charge in [0.2, 0.25) is 0 Å². The molecule has 0 fully saturated rings. The molecule has 0 aliphatic heterocycles. The van der Waals surface area contributed by atoms with Gasteiger partial charge >= 0.3 is 0 Å². The molecule has 0 heterocycles. The summed E-state index contributed by atoms with van der Waals surface area (Å²) in [5.74, 6) is 0.818. The van der Waals surface area contributed by atoms with E-state index < -0.39 is 6.10 Å². The van der Waals surface area contributed by atoms with E-state index >= 15 is 0 Å². The average molecular weight is 208 g/mol. The van der Waals surface area contributed by atoms with Gasteiger partial charge in [-0.1, -0.05) is 25.5 Å². The summed E-state index contributed by atoms with van der Waals surface area (Å²) in [5, 5.41) is 9.57. The fraction of sp³-hybridized carbons (Fsp3) is 0.538. The van der Waals surface area contributed by atoms with Crippen LogP contribution >= 0.6 is 0 Å². The van der Waals surface area contributed by atoms with Crippen molar-refractivity contribution in [3.8, 4) is 5.75 Å². The molecule has 0 bridgehead atoms. The van der Waals surface area contributed by atoms with Gasteiger partial charge in [-0.25, -0.2) is 0 Å². The number of aliphatic hydroxyl groups excluding tert-OH is 1. The van der Waals surface area contributed by atoms with Gasteiger partial charge in [0.15, 0.2) is 0 Å². The Kier molecular flexibility index (Phi) is 4.63. The number of hydrogen-bond donors (Lipinski definition) is 1. The molecule has 1 aromatic carbocycles. The molecular formula is C13H20O2. The van der Waals surface area contributed by atoms with E-state index in [-0.39, 0.29) is 0 Å². The first-order valence-corrected chi connectivity index (χ1v) is 5.56. The van der Waals surface area contributed by atoms with E-state index in [9.17, 15) is 5.11 Å². The predicted octanol–water partition coefficient (Wildman–Crippen LogP) is 3.23. The van der Waals surface area contributed by atoms with Crippen molar-refractivity contribution in [1.82, 2.24) is 0 Å². The second-order valence-electron chi connectivity index (χ2n) is 3.92. The van der Waals surface area contributed by atoms with Crippen molar-refractivity contribution in [1.29, 1.82) is 0 Å². The third kappa shape index (κ3) is 3.56. The molecule has 1 rings (SSSR count). The number of ether oxygens (including phenoxy) is 1. The lowest BCUT2D eigenvalue weighted by molar-refractivity contribution is 0.191. The summed E-state index contributed by atoms with van der Waals surface area (Å²) in [4.78, 5) is 0. The Morgan fingerprint density at radius 1 is 1.40 bits per heavy atom. The number of rotatable bonds is 5. The second-order valence-corrected chi connectivity index (χ2v) is 3.92. The first kappa shape index (κ1) is 12.1. The second kappa shape index (κ2) is 5.76. The van der Waals surface area contributed by atoms with Crippen molar-refractivity contribution in [2.75, 3.05) is 6.61 Å². The van der Waals surface area contributed by atoms with E-state index in [1.165, 1.54) is 0 Å². The maximum absolute atomic E-state index is 9.57. The summed E-state index contributed by atoms with van der Waals surface area (Å²) in [6, 6.07) is 5.91. The fourth-order valence-corrected chi connectivity index (χ4v) is 1.44. The summed E-state index contributed by atoms with van der Waals surface area (Å²) in [5.41, 5.74) is 2.03. The maximum atomic E-state index is 9.57. The van der Waals surface area contributed by atoms with E-state index in [2.05, 4.69) is 6.92 Å². The van der Waals surface area contributed by atoms with Gasteiger partial charge in [-0.05, 0) is 31.9 Å².